The minimum absolute atomic E-state index is 0.133. The van der Waals surface area contributed by atoms with E-state index in [0.717, 1.165) is 31.5 Å². The molecule has 1 aliphatic rings. The molecule has 0 atom stereocenters. The second kappa shape index (κ2) is 5.13. The van der Waals surface area contributed by atoms with Gasteiger partial charge in [0.15, 0.2) is 0 Å². The number of aryl methyl sites for hydroxylation is 1. The minimum Gasteiger partial charge on any atom is -0.297 e. The summed E-state index contributed by atoms with van der Waals surface area (Å²) in [4.78, 5) is 1.88. The average Bonchev–Trinajstić information content (AvgIpc) is 2.30. The van der Waals surface area contributed by atoms with Gasteiger partial charge in [-0.15, -0.1) is 0 Å². The van der Waals surface area contributed by atoms with Crippen molar-refractivity contribution >= 4 is 0 Å². The van der Waals surface area contributed by atoms with Gasteiger partial charge in [0, 0.05) is 5.56 Å². The summed E-state index contributed by atoms with van der Waals surface area (Å²) >= 11 is 0. The van der Waals surface area contributed by atoms with Gasteiger partial charge in [0.2, 0.25) is 0 Å². The van der Waals surface area contributed by atoms with Crippen molar-refractivity contribution in [2.75, 3.05) is 19.6 Å². The van der Waals surface area contributed by atoms with E-state index >= 15 is 0 Å². The lowest BCUT2D eigenvalue weighted by molar-refractivity contribution is -0.0415. The van der Waals surface area contributed by atoms with E-state index < -0.39 is 5.92 Å². The molecule has 1 nitrogen and oxygen atoms in total. The van der Waals surface area contributed by atoms with E-state index in [9.17, 15) is 8.78 Å². The monoisotopic (exact) mass is 239 g/mol. The van der Waals surface area contributed by atoms with Gasteiger partial charge in [-0.3, -0.25) is 4.90 Å². The van der Waals surface area contributed by atoms with E-state index in [1.807, 2.05) is 11.8 Å². The van der Waals surface area contributed by atoms with Crippen LogP contribution in [-0.4, -0.2) is 24.5 Å². The van der Waals surface area contributed by atoms with Crippen LogP contribution in [0.3, 0.4) is 0 Å². The number of benzene rings is 1. The summed E-state index contributed by atoms with van der Waals surface area (Å²) in [6.45, 7) is 3.38. The Labute approximate surface area is 101 Å². The molecular weight excluding hydrogens is 220 g/mol. The first-order chi connectivity index (χ1) is 8.08. The van der Waals surface area contributed by atoms with Gasteiger partial charge in [-0.05, 0) is 32.9 Å². The Morgan fingerprint density at radius 3 is 2.24 bits per heavy atom. The van der Waals surface area contributed by atoms with E-state index in [1.165, 1.54) is 6.42 Å². The molecule has 0 spiro atoms. The number of hydrogen-bond acceptors (Lipinski definition) is 1. The van der Waals surface area contributed by atoms with Crippen molar-refractivity contribution in [2.45, 2.75) is 32.1 Å². The Kier molecular flexibility index (Phi) is 3.77. The zero-order chi connectivity index (χ0) is 12.3. The molecule has 0 bridgehead atoms. The van der Waals surface area contributed by atoms with Crippen molar-refractivity contribution in [3.63, 3.8) is 0 Å². The fourth-order valence-electron chi connectivity index (χ4n) is 2.29. The quantitative estimate of drug-likeness (QED) is 0.779. The van der Waals surface area contributed by atoms with Crippen LogP contribution in [0.15, 0.2) is 24.3 Å². The molecule has 94 valence electrons. The average molecular weight is 239 g/mol. The van der Waals surface area contributed by atoms with Crippen molar-refractivity contribution in [3.05, 3.63) is 35.4 Å². The van der Waals surface area contributed by atoms with Gasteiger partial charge in [0.25, 0.3) is 5.92 Å². The number of likely N-dealkylation sites (tertiary alicyclic amines) is 1. The van der Waals surface area contributed by atoms with Crippen LogP contribution in [0.25, 0.3) is 0 Å². The largest absolute Gasteiger partial charge is 0.297 e. The molecule has 0 amide bonds. The van der Waals surface area contributed by atoms with Crippen LogP contribution in [0.1, 0.15) is 30.4 Å². The first-order valence-electron chi connectivity index (χ1n) is 6.25. The van der Waals surface area contributed by atoms with Gasteiger partial charge in [-0.2, -0.15) is 8.78 Å². The molecule has 1 saturated heterocycles. The van der Waals surface area contributed by atoms with E-state index in [0.29, 0.717) is 0 Å². The molecule has 0 saturated carbocycles. The Morgan fingerprint density at radius 1 is 1.06 bits per heavy atom. The molecule has 0 N–H and O–H groups in total. The Morgan fingerprint density at radius 2 is 1.65 bits per heavy atom. The summed E-state index contributed by atoms with van der Waals surface area (Å²) in [7, 11) is 0. The predicted molar refractivity (Wildman–Crippen MR) is 65.4 cm³/mol. The number of halogens is 2. The highest BCUT2D eigenvalue weighted by Gasteiger charge is 2.34. The van der Waals surface area contributed by atoms with Gasteiger partial charge in [-0.1, -0.05) is 36.2 Å². The van der Waals surface area contributed by atoms with Crippen molar-refractivity contribution in [1.29, 1.82) is 0 Å². The summed E-state index contributed by atoms with van der Waals surface area (Å²) < 4.78 is 28.1. The lowest BCUT2D eigenvalue weighted by Crippen LogP contribution is -2.38. The molecule has 1 heterocycles. The lowest BCUT2D eigenvalue weighted by Gasteiger charge is -2.30. The van der Waals surface area contributed by atoms with Gasteiger partial charge < -0.3 is 0 Å². The molecule has 1 aromatic carbocycles. The fourth-order valence-corrected chi connectivity index (χ4v) is 2.29. The van der Waals surface area contributed by atoms with Gasteiger partial charge >= 0.3 is 0 Å². The number of nitrogens with zero attached hydrogens (tertiary/aromatic N) is 1. The van der Waals surface area contributed by atoms with Crippen molar-refractivity contribution in [3.8, 4) is 0 Å². The molecule has 2 rings (SSSR count). The van der Waals surface area contributed by atoms with Crippen LogP contribution in [0, 0.1) is 6.92 Å². The number of alkyl halides is 2. The second-order valence-corrected chi connectivity index (χ2v) is 4.91. The predicted octanol–water partition coefficient (Wildman–Crippen LogP) is 3.57. The lowest BCUT2D eigenvalue weighted by atomic mass is 10.0. The molecule has 3 heteroatoms. The normalized spacial score (nSPS) is 18.3. The minimum atomic E-state index is -2.73. The third kappa shape index (κ3) is 3.25. The van der Waals surface area contributed by atoms with Gasteiger partial charge in [0.05, 0.1) is 6.54 Å². The molecule has 0 aromatic heterocycles. The molecule has 1 aliphatic heterocycles. The highest BCUT2D eigenvalue weighted by Crippen LogP contribution is 2.30. The maximum absolute atomic E-state index is 14.0. The summed E-state index contributed by atoms with van der Waals surface area (Å²) in [6, 6.07) is 6.58. The maximum atomic E-state index is 14.0. The van der Waals surface area contributed by atoms with E-state index in [1.54, 1.807) is 24.3 Å². The van der Waals surface area contributed by atoms with Crippen LogP contribution in [0.2, 0.25) is 0 Å². The van der Waals surface area contributed by atoms with Crippen LogP contribution >= 0.6 is 0 Å². The topological polar surface area (TPSA) is 3.24 Å². The molecule has 0 aliphatic carbocycles. The Balaban J connectivity index is 2.04. The molecule has 1 aromatic rings. The Bertz CT molecular complexity index is 353. The number of hydrogen-bond donors (Lipinski definition) is 0. The Hall–Kier alpha value is -0.960. The van der Waals surface area contributed by atoms with Crippen LogP contribution < -0.4 is 0 Å². The maximum Gasteiger partial charge on any atom is 0.285 e. The number of piperidine rings is 1. The second-order valence-electron chi connectivity index (χ2n) is 4.91. The summed E-state index contributed by atoms with van der Waals surface area (Å²) in [6.07, 6.45) is 3.26. The first-order valence-corrected chi connectivity index (χ1v) is 6.25. The van der Waals surface area contributed by atoms with E-state index in [-0.39, 0.29) is 12.1 Å². The zero-order valence-corrected chi connectivity index (χ0v) is 10.3. The highest BCUT2D eigenvalue weighted by atomic mass is 19.3. The first kappa shape index (κ1) is 12.5. The highest BCUT2D eigenvalue weighted by molar-refractivity contribution is 5.25. The molecule has 0 unspecified atom stereocenters. The van der Waals surface area contributed by atoms with Crippen LogP contribution in [0.4, 0.5) is 8.78 Å². The van der Waals surface area contributed by atoms with Crippen molar-refractivity contribution in [2.24, 2.45) is 0 Å². The van der Waals surface area contributed by atoms with Crippen LogP contribution in [0.5, 0.6) is 0 Å². The fraction of sp³-hybridized carbons (Fsp3) is 0.571. The molecular formula is C14H19F2N. The number of rotatable bonds is 3. The van der Waals surface area contributed by atoms with Gasteiger partial charge in [-0.25, -0.2) is 0 Å². The zero-order valence-electron chi connectivity index (χ0n) is 10.3. The third-order valence-corrected chi connectivity index (χ3v) is 3.34. The standard InChI is InChI=1S/C14H19F2N/c1-12-5-7-13(8-6-12)14(15,16)11-17-9-3-2-4-10-17/h5-8H,2-4,9-11H2,1H3. The van der Waals surface area contributed by atoms with Crippen molar-refractivity contribution in [1.82, 2.24) is 4.90 Å². The van der Waals surface area contributed by atoms with Crippen LogP contribution in [-0.2, 0) is 5.92 Å². The molecule has 17 heavy (non-hydrogen) atoms. The van der Waals surface area contributed by atoms with Gasteiger partial charge in [0.1, 0.15) is 0 Å². The summed E-state index contributed by atoms with van der Waals surface area (Å²) in [5.41, 5.74) is 1.15. The SMILES string of the molecule is Cc1ccc(C(F)(F)CN2CCCCC2)cc1. The van der Waals surface area contributed by atoms with E-state index in [4.69, 9.17) is 0 Å². The molecule has 1 fully saturated rings. The summed E-state index contributed by atoms with van der Waals surface area (Å²) in [5.74, 6) is -2.73. The van der Waals surface area contributed by atoms with E-state index in [2.05, 4.69) is 0 Å². The molecule has 0 radical (unpaired) electrons. The third-order valence-electron chi connectivity index (χ3n) is 3.34. The van der Waals surface area contributed by atoms with Crippen molar-refractivity contribution < 1.29 is 8.78 Å². The summed E-state index contributed by atoms with van der Waals surface area (Å²) in [5, 5.41) is 0. The smallest absolute Gasteiger partial charge is 0.285 e.